The van der Waals surface area contributed by atoms with Crippen LogP contribution in [0.5, 0.6) is 0 Å². The van der Waals surface area contributed by atoms with Crippen molar-refractivity contribution in [3.05, 3.63) is 18.0 Å². The third kappa shape index (κ3) is 1.99. The van der Waals surface area contributed by atoms with Gasteiger partial charge in [-0.15, -0.1) is 0 Å². The zero-order chi connectivity index (χ0) is 11.8. The van der Waals surface area contributed by atoms with Crippen LogP contribution in [0.1, 0.15) is 11.6 Å². The summed E-state index contributed by atoms with van der Waals surface area (Å²) in [6.45, 7) is 6.08. The van der Waals surface area contributed by atoms with Gasteiger partial charge in [0.1, 0.15) is 0 Å². The van der Waals surface area contributed by atoms with E-state index in [0.717, 1.165) is 0 Å². The van der Waals surface area contributed by atoms with E-state index in [1.54, 1.807) is 0 Å². The molecule has 0 amide bonds. The van der Waals surface area contributed by atoms with Crippen molar-refractivity contribution in [1.29, 1.82) is 0 Å². The molecule has 5 heteroatoms. The van der Waals surface area contributed by atoms with Crippen LogP contribution in [-0.2, 0) is 7.05 Å². The normalized spacial score (nSPS) is 33.9. The molecule has 0 aliphatic carbocycles. The van der Waals surface area contributed by atoms with E-state index in [0.29, 0.717) is 12.1 Å². The molecular weight excluding hydrogens is 214 g/mol. The smallest absolute Gasteiger partial charge is 0.0538 e. The molecule has 4 rings (SSSR count). The first kappa shape index (κ1) is 11.2. The summed E-state index contributed by atoms with van der Waals surface area (Å²) in [6, 6.07) is 0.985. The second kappa shape index (κ2) is 4.40. The quantitative estimate of drug-likeness (QED) is 0.779. The highest BCUT2D eigenvalue weighted by molar-refractivity contribution is 5.15. The van der Waals surface area contributed by atoms with Crippen LogP contribution in [0.3, 0.4) is 0 Å². The Labute approximate surface area is 102 Å². The summed E-state index contributed by atoms with van der Waals surface area (Å²) in [5, 5.41) is 7.75. The van der Waals surface area contributed by atoms with Gasteiger partial charge in [0, 0.05) is 57.6 Å². The van der Waals surface area contributed by atoms with Crippen molar-refractivity contribution in [2.24, 2.45) is 7.05 Å². The van der Waals surface area contributed by atoms with Gasteiger partial charge in [-0.3, -0.25) is 14.5 Å². The van der Waals surface area contributed by atoms with E-state index >= 15 is 0 Å². The fraction of sp³-hybridized carbons (Fsp3) is 0.750. The van der Waals surface area contributed by atoms with Crippen LogP contribution in [0.4, 0.5) is 0 Å². The van der Waals surface area contributed by atoms with Crippen LogP contribution < -0.4 is 5.32 Å². The largest absolute Gasteiger partial charge is 0.312 e. The number of rotatable bonds is 3. The average Bonchev–Trinajstić information content (AvgIpc) is 2.78. The molecule has 4 heterocycles. The van der Waals surface area contributed by atoms with Gasteiger partial charge in [-0.05, 0) is 7.05 Å². The van der Waals surface area contributed by atoms with Crippen molar-refractivity contribution in [3.8, 4) is 0 Å². The summed E-state index contributed by atoms with van der Waals surface area (Å²) in [7, 11) is 4.03. The summed E-state index contributed by atoms with van der Waals surface area (Å²) in [5.74, 6) is 0. The predicted octanol–water partition coefficient (Wildman–Crippen LogP) is -0.320. The lowest BCUT2D eigenvalue weighted by Crippen LogP contribution is -2.63. The molecule has 2 atom stereocenters. The van der Waals surface area contributed by atoms with Crippen LogP contribution in [0, 0.1) is 0 Å². The number of piperazine rings is 3. The Morgan fingerprint density at radius 1 is 1.35 bits per heavy atom. The Balaban J connectivity index is 1.81. The molecule has 94 valence electrons. The second-order valence-electron chi connectivity index (χ2n) is 5.12. The Kier molecular flexibility index (Phi) is 2.90. The van der Waals surface area contributed by atoms with Crippen LogP contribution in [-0.4, -0.2) is 65.4 Å². The lowest BCUT2D eigenvalue weighted by atomic mass is 9.96. The van der Waals surface area contributed by atoms with Gasteiger partial charge in [0.2, 0.25) is 0 Å². The lowest BCUT2D eigenvalue weighted by Gasteiger charge is -2.50. The Morgan fingerprint density at radius 3 is 2.59 bits per heavy atom. The van der Waals surface area contributed by atoms with Gasteiger partial charge in [-0.2, -0.15) is 5.10 Å². The lowest BCUT2D eigenvalue weighted by molar-refractivity contribution is -0.00255. The summed E-state index contributed by atoms with van der Waals surface area (Å²) in [6.07, 6.45) is 4.11. The third-order valence-electron chi connectivity index (χ3n) is 4.10. The van der Waals surface area contributed by atoms with E-state index in [-0.39, 0.29) is 0 Å². The topological polar surface area (TPSA) is 36.3 Å². The molecule has 1 aromatic rings. The van der Waals surface area contributed by atoms with Gasteiger partial charge in [0.25, 0.3) is 0 Å². The van der Waals surface area contributed by atoms with Crippen LogP contribution in [0.15, 0.2) is 12.4 Å². The van der Waals surface area contributed by atoms with Gasteiger partial charge in [-0.1, -0.05) is 0 Å². The maximum atomic E-state index is 4.29. The van der Waals surface area contributed by atoms with E-state index in [2.05, 4.69) is 33.5 Å². The highest BCUT2D eigenvalue weighted by atomic mass is 15.4. The van der Waals surface area contributed by atoms with Gasteiger partial charge in [0.15, 0.2) is 0 Å². The molecule has 0 spiro atoms. The number of nitrogens with zero attached hydrogens (tertiary/aromatic N) is 4. The molecule has 3 saturated heterocycles. The van der Waals surface area contributed by atoms with Crippen molar-refractivity contribution in [1.82, 2.24) is 24.9 Å². The first-order chi connectivity index (χ1) is 8.28. The molecule has 17 heavy (non-hydrogen) atoms. The van der Waals surface area contributed by atoms with E-state index in [4.69, 9.17) is 0 Å². The van der Waals surface area contributed by atoms with E-state index in [1.807, 2.05) is 17.9 Å². The van der Waals surface area contributed by atoms with Crippen LogP contribution >= 0.6 is 0 Å². The summed E-state index contributed by atoms with van der Waals surface area (Å²) < 4.78 is 1.89. The minimum Gasteiger partial charge on any atom is -0.312 e. The Bertz CT molecular complexity index is 380. The highest BCUT2D eigenvalue weighted by Crippen LogP contribution is 2.26. The number of hydrogen-bond donors (Lipinski definition) is 1. The number of nitrogens with one attached hydrogen (secondary N) is 1. The second-order valence-corrected chi connectivity index (χ2v) is 5.12. The number of fused-ring (bicyclic) bond motifs is 3. The molecule has 0 saturated carbocycles. The van der Waals surface area contributed by atoms with Gasteiger partial charge < -0.3 is 5.32 Å². The Hall–Kier alpha value is -0.910. The van der Waals surface area contributed by atoms with Crippen molar-refractivity contribution in [3.63, 3.8) is 0 Å². The number of aryl methyl sites for hydroxylation is 1. The van der Waals surface area contributed by atoms with Crippen molar-refractivity contribution >= 4 is 0 Å². The zero-order valence-electron chi connectivity index (χ0n) is 10.6. The van der Waals surface area contributed by atoms with Gasteiger partial charge in [-0.25, -0.2) is 0 Å². The predicted molar refractivity (Wildman–Crippen MR) is 66.8 cm³/mol. The minimum atomic E-state index is 0.395. The fourth-order valence-electron chi connectivity index (χ4n) is 3.16. The van der Waals surface area contributed by atoms with Crippen LogP contribution in [0.2, 0.25) is 0 Å². The van der Waals surface area contributed by atoms with E-state index in [9.17, 15) is 0 Å². The molecule has 3 aliphatic rings. The third-order valence-corrected chi connectivity index (χ3v) is 4.10. The minimum absolute atomic E-state index is 0.395. The zero-order valence-corrected chi connectivity index (χ0v) is 10.6. The van der Waals surface area contributed by atoms with Crippen LogP contribution in [0.25, 0.3) is 0 Å². The fourth-order valence-corrected chi connectivity index (χ4v) is 3.16. The monoisotopic (exact) mass is 235 g/mol. The molecule has 0 aromatic carbocycles. The SMILES string of the molecule is CNC(c1cnn(C)c1)C1CN2CCN1CC2. The maximum absolute atomic E-state index is 4.29. The van der Waals surface area contributed by atoms with Gasteiger partial charge in [0.05, 0.1) is 12.2 Å². The molecule has 0 radical (unpaired) electrons. The maximum Gasteiger partial charge on any atom is 0.0538 e. The first-order valence-electron chi connectivity index (χ1n) is 6.40. The molecule has 3 fully saturated rings. The summed E-state index contributed by atoms with van der Waals surface area (Å²) >= 11 is 0. The van der Waals surface area contributed by atoms with Crippen molar-refractivity contribution in [2.75, 3.05) is 39.8 Å². The van der Waals surface area contributed by atoms with Gasteiger partial charge >= 0.3 is 0 Å². The van der Waals surface area contributed by atoms with E-state index in [1.165, 1.54) is 38.3 Å². The number of aromatic nitrogens is 2. The summed E-state index contributed by atoms with van der Waals surface area (Å²) in [5.41, 5.74) is 1.30. The highest BCUT2D eigenvalue weighted by Gasteiger charge is 2.37. The average molecular weight is 235 g/mol. The van der Waals surface area contributed by atoms with Crippen molar-refractivity contribution < 1.29 is 0 Å². The van der Waals surface area contributed by atoms with E-state index < -0.39 is 0 Å². The molecule has 5 nitrogen and oxygen atoms in total. The number of likely N-dealkylation sites (N-methyl/N-ethyl adjacent to an activating group) is 1. The molecular formula is C12H21N5. The molecule has 3 aliphatic heterocycles. The first-order valence-corrected chi connectivity index (χ1v) is 6.40. The molecule has 1 N–H and O–H groups in total. The molecule has 2 bridgehead atoms. The molecule has 2 unspecified atom stereocenters. The van der Waals surface area contributed by atoms with Crippen molar-refractivity contribution in [2.45, 2.75) is 12.1 Å². The molecule has 1 aromatic heterocycles. The summed E-state index contributed by atoms with van der Waals surface area (Å²) in [4.78, 5) is 5.19. The standard InChI is InChI=1S/C12H21N5/c1-13-12(10-7-14-15(2)8-10)11-9-16-3-5-17(11)6-4-16/h7-8,11-13H,3-6,9H2,1-2H3. The Morgan fingerprint density at radius 2 is 2.12 bits per heavy atom. The number of hydrogen-bond acceptors (Lipinski definition) is 4.